The molecule has 7 heteroatoms. The Hall–Kier alpha value is -0.820. The molecule has 1 aliphatic carbocycles. The fourth-order valence-corrected chi connectivity index (χ4v) is 1.99. The summed E-state index contributed by atoms with van der Waals surface area (Å²) in [6, 6.07) is 0.205. The Morgan fingerprint density at radius 2 is 2.19 bits per heavy atom. The van der Waals surface area contributed by atoms with Crippen LogP contribution in [0.3, 0.4) is 0 Å². The van der Waals surface area contributed by atoms with E-state index in [0.717, 1.165) is 12.8 Å². The minimum atomic E-state index is -4.63. The highest BCUT2D eigenvalue weighted by Gasteiger charge is 2.47. The van der Waals surface area contributed by atoms with E-state index in [2.05, 4.69) is 15.4 Å². The van der Waals surface area contributed by atoms with Gasteiger partial charge in [0, 0.05) is 12.6 Å². The minimum Gasteiger partial charge on any atom is -0.352 e. The molecule has 0 aromatic heterocycles. The molecule has 1 heterocycles. The molecule has 2 aliphatic rings. The van der Waals surface area contributed by atoms with Gasteiger partial charge in [-0.1, -0.05) is 0 Å². The van der Waals surface area contributed by atoms with Crippen LogP contribution in [0.1, 0.15) is 12.8 Å². The molecule has 16 heavy (non-hydrogen) atoms. The Balaban J connectivity index is 1.57. The number of fused-ring (bicyclic) bond motifs is 1. The van der Waals surface area contributed by atoms with Gasteiger partial charge >= 0.3 is 6.36 Å². The molecule has 3 unspecified atom stereocenters. The molecular weight excluding hydrogens is 225 g/mol. The van der Waals surface area contributed by atoms with Crippen LogP contribution in [0.5, 0.6) is 0 Å². The van der Waals surface area contributed by atoms with E-state index in [1.165, 1.54) is 0 Å². The maximum atomic E-state index is 11.6. The van der Waals surface area contributed by atoms with Gasteiger partial charge in [0.2, 0.25) is 5.91 Å². The van der Waals surface area contributed by atoms with Crippen LogP contribution in [0, 0.1) is 5.92 Å². The van der Waals surface area contributed by atoms with Gasteiger partial charge in [-0.2, -0.15) is 0 Å². The normalized spacial score (nSPS) is 32.3. The largest absolute Gasteiger partial charge is 0.522 e. The number of amides is 1. The summed E-state index contributed by atoms with van der Waals surface area (Å²) in [4.78, 5) is 11.4. The molecule has 4 nitrogen and oxygen atoms in total. The van der Waals surface area contributed by atoms with Crippen LogP contribution in [-0.2, 0) is 9.53 Å². The third-order valence-corrected chi connectivity index (χ3v) is 2.86. The lowest BCUT2D eigenvalue weighted by Gasteiger charge is -2.13. The van der Waals surface area contributed by atoms with Gasteiger partial charge in [0.15, 0.2) is 0 Å². The first-order chi connectivity index (χ1) is 7.46. The van der Waals surface area contributed by atoms with Crippen molar-refractivity contribution in [3.63, 3.8) is 0 Å². The van der Waals surface area contributed by atoms with Gasteiger partial charge in [-0.05, 0) is 18.8 Å². The zero-order valence-electron chi connectivity index (χ0n) is 8.51. The lowest BCUT2D eigenvalue weighted by Crippen LogP contribution is -2.43. The molecule has 0 radical (unpaired) electrons. The number of piperidine rings is 1. The average Bonchev–Trinajstić information content (AvgIpc) is 2.79. The summed E-state index contributed by atoms with van der Waals surface area (Å²) >= 11 is 0. The lowest BCUT2D eigenvalue weighted by atomic mass is 10.2. The second kappa shape index (κ2) is 4.21. The number of carbonyl (C=O) groups is 1. The third-order valence-electron chi connectivity index (χ3n) is 2.86. The minimum absolute atomic E-state index is 0.119. The van der Waals surface area contributed by atoms with Crippen molar-refractivity contribution in [3.05, 3.63) is 0 Å². The topological polar surface area (TPSA) is 50.4 Å². The number of rotatable bonds is 4. The average molecular weight is 238 g/mol. The van der Waals surface area contributed by atoms with Crippen LogP contribution in [0.2, 0.25) is 0 Å². The summed E-state index contributed by atoms with van der Waals surface area (Å²) in [5.74, 6) is 0.347. The van der Waals surface area contributed by atoms with Gasteiger partial charge < -0.3 is 10.6 Å². The highest BCUT2D eigenvalue weighted by atomic mass is 19.4. The zero-order chi connectivity index (χ0) is 11.8. The zero-order valence-corrected chi connectivity index (χ0v) is 8.51. The van der Waals surface area contributed by atoms with E-state index in [9.17, 15) is 18.0 Å². The summed E-state index contributed by atoms with van der Waals surface area (Å²) < 4.78 is 38.3. The molecule has 0 bridgehead atoms. The number of nitrogens with one attached hydrogen (secondary N) is 2. The van der Waals surface area contributed by atoms with E-state index in [1.807, 2.05) is 0 Å². The van der Waals surface area contributed by atoms with Crippen LogP contribution in [0.25, 0.3) is 0 Å². The molecule has 1 amide bonds. The van der Waals surface area contributed by atoms with E-state index in [-0.39, 0.29) is 18.5 Å². The molecule has 3 atom stereocenters. The molecule has 2 N–H and O–H groups in total. The fourth-order valence-electron chi connectivity index (χ4n) is 1.99. The number of halogens is 3. The SMILES string of the molecule is O=C(NCCOC(F)(F)F)C1CC2CC2N1. The summed E-state index contributed by atoms with van der Waals surface area (Å²) in [6.45, 7) is -0.666. The molecule has 2 fully saturated rings. The van der Waals surface area contributed by atoms with Crippen molar-refractivity contribution >= 4 is 5.91 Å². The Morgan fingerprint density at radius 3 is 2.75 bits per heavy atom. The second-order valence-electron chi connectivity index (χ2n) is 4.14. The second-order valence-corrected chi connectivity index (χ2v) is 4.14. The lowest BCUT2D eigenvalue weighted by molar-refractivity contribution is -0.323. The smallest absolute Gasteiger partial charge is 0.352 e. The monoisotopic (exact) mass is 238 g/mol. The van der Waals surface area contributed by atoms with E-state index in [0.29, 0.717) is 12.0 Å². The van der Waals surface area contributed by atoms with Gasteiger partial charge in [0.1, 0.15) is 0 Å². The van der Waals surface area contributed by atoms with Crippen LogP contribution in [-0.4, -0.2) is 37.5 Å². The molecule has 0 spiro atoms. The van der Waals surface area contributed by atoms with Gasteiger partial charge in [0.25, 0.3) is 0 Å². The van der Waals surface area contributed by atoms with Crippen molar-refractivity contribution in [1.82, 2.24) is 10.6 Å². The van der Waals surface area contributed by atoms with Crippen LogP contribution in [0.15, 0.2) is 0 Å². The first-order valence-electron chi connectivity index (χ1n) is 5.20. The van der Waals surface area contributed by atoms with E-state index in [4.69, 9.17) is 0 Å². The van der Waals surface area contributed by atoms with E-state index < -0.39 is 13.0 Å². The van der Waals surface area contributed by atoms with Gasteiger partial charge in [-0.25, -0.2) is 0 Å². The molecule has 0 aromatic carbocycles. The van der Waals surface area contributed by atoms with Crippen molar-refractivity contribution < 1.29 is 22.7 Å². The summed E-state index contributed by atoms with van der Waals surface area (Å²) in [5, 5.41) is 5.52. The number of hydrogen-bond donors (Lipinski definition) is 2. The summed E-state index contributed by atoms with van der Waals surface area (Å²) in [7, 11) is 0. The molecule has 1 aliphatic heterocycles. The molecule has 92 valence electrons. The van der Waals surface area contributed by atoms with E-state index >= 15 is 0 Å². The summed E-state index contributed by atoms with van der Waals surface area (Å²) in [5.41, 5.74) is 0. The Kier molecular flexibility index (Phi) is 3.07. The Labute approximate surface area is 90.5 Å². The highest BCUT2D eigenvalue weighted by molar-refractivity contribution is 5.82. The third kappa shape index (κ3) is 3.08. The molecular formula is C9H13F3N2O2. The maximum absolute atomic E-state index is 11.6. The summed E-state index contributed by atoms with van der Waals surface area (Å²) in [6.07, 6.45) is -2.73. The first-order valence-corrected chi connectivity index (χ1v) is 5.20. The first kappa shape index (κ1) is 11.7. The number of hydrogen-bond acceptors (Lipinski definition) is 3. The van der Waals surface area contributed by atoms with Gasteiger partial charge in [-0.15, -0.1) is 13.2 Å². The standard InChI is InChI=1S/C9H13F3N2O2/c10-9(11,12)16-2-1-13-8(15)7-4-5-3-6(5)14-7/h5-7,14H,1-4H2,(H,13,15). The van der Waals surface area contributed by atoms with Crippen molar-refractivity contribution in [2.75, 3.05) is 13.2 Å². The quantitative estimate of drug-likeness (QED) is 0.696. The van der Waals surface area contributed by atoms with Crippen molar-refractivity contribution in [1.29, 1.82) is 0 Å². The van der Waals surface area contributed by atoms with Crippen LogP contribution >= 0.6 is 0 Å². The number of carbonyl (C=O) groups excluding carboxylic acids is 1. The Morgan fingerprint density at radius 1 is 1.44 bits per heavy atom. The Bertz CT molecular complexity index is 272. The van der Waals surface area contributed by atoms with Crippen LogP contribution in [0.4, 0.5) is 13.2 Å². The van der Waals surface area contributed by atoms with Crippen molar-refractivity contribution in [3.8, 4) is 0 Å². The van der Waals surface area contributed by atoms with E-state index in [1.54, 1.807) is 0 Å². The highest BCUT2D eigenvalue weighted by Crippen LogP contribution is 2.40. The van der Waals surface area contributed by atoms with Crippen LogP contribution < -0.4 is 10.6 Å². The molecule has 2 rings (SSSR count). The number of ether oxygens (including phenoxy) is 1. The predicted octanol–water partition coefficient (Wildman–Crippen LogP) is 0.389. The van der Waals surface area contributed by atoms with Gasteiger partial charge in [-0.3, -0.25) is 9.53 Å². The maximum Gasteiger partial charge on any atom is 0.522 e. The number of alkyl halides is 3. The van der Waals surface area contributed by atoms with Crippen molar-refractivity contribution in [2.45, 2.75) is 31.3 Å². The fraction of sp³-hybridized carbons (Fsp3) is 0.889. The van der Waals surface area contributed by atoms with Crippen molar-refractivity contribution in [2.24, 2.45) is 5.92 Å². The van der Waals surface area contributed by atoms with Gasteiger partial charge in [0.05, 0.1) is 12.6 Å². The molecule has 1 saturated carbocycles. The predicted molar refractivity (Wildman–Crippen MR) is 48.5 cm³/mol. The molecule has 1 saturated heterocycles. The molecule has 0 aromatic rings.